The molecule has 24 heavy (non-hydrogen) atoms. The standard InChI is InChI=1S/C16H20N4O3S/c1-12-17-18-16(20(12)13-3-5-14(22-2)6-4-13)24-11-15(21)19-7-9-23-10-8-19/h3-6H,7-11H2,1-2H3. The molecule has 1 aliphatic heterocycles. The molecule has 2 aromatic rings. The van der Waals surface area contributed by atoms with Crippen molar-refractivity contribution >= 4 is 17.7 Å². The molecule has 0 radical (unpaired) electrons. The molecule has 0 saturated carbocycles. The van der Waals surface area contributed by atoms with Crippen LogP contribution in [0.2, 0.25) is 0 Å². The molecular formula is C16H20N4O3S. The average molecular weight is 348 g/mol. The molecule has 0 atom stereocenters. The fourth-order valence-electron chi connectivity index (χ4n) is 2.50. The number of hydrogen-bond acceptors (Lipinski definition) is 6. The van der Waals surface area contributed by atoms with Gasteiger partial charge in [0.15, 0.2) is 5.16 Å². The Bertz CT molecular complexity index is 696. The lowest BCUT2D eigenvalue weighted by molar-refractivity contribution is -0.132. The third kappa shape index (κ3) is 3.70. The van der Waals surface area contributed by atoms with Gasteiger partial charge in [-0.25, -0.2) is 0 Å². The van der Waals surface area contributed by atoms with E-state index in [1.807, 2.05) is 40.7 Å². The lowest BCUT2D eigenvalue weighted by atomic mass is 10.3. The summed E-state index contributed by atoms with van der Waals surface area (Å²) in [6.07, 6.45) is 0. The molecule has 1 aromatic heterocycles. The van der Waals surface area contributed by atoms with Gasteiger partial charge in [-0.3, -0.25) is 9.36 Å². The van der Waals surface area contributed by atoms with Gasteiger partial charge in [-0.05, 0) is 31.2 Å². The van der Waals surface area contributed by atoms with E-state index in [1.54, 1.807) is 7.11 Å². The second-order valence-corrected chi connectivity index (χ2v) is 6.29. The molecule has 1 aromatic carbocycles. The molecule has 0 spiro atoms. The minimum Gasteiger partial charge on any atom is -0.497 e. The number of rotatable bonds is 5. The fraction of sp³-hybridized carbons (Fsp3) is 0.438. The maximum absolute atomic E-state index is 12.3. The Hall–Kier alpha value is -2.06. The molecule has 0 N–H and O–H groups in total. The fourth-order valence-corrected chi connectivity index (χ4v) is 3.40. The maximum atomic E-state index is 12.3. The van der Waals surface area contributed by atoms with E-state index in [0.717, 1.165) is 17.3 Å². The van der Waals surface area contributed by atoms with Crippen molar-refractivity contribution < 1.29 is 14.3 Å². The van der Waals surface area contributed by atoms with Crippen LogP contribution in [0.4, 0.5) is 0 Å². The summed E-state index contributed by atoms with van der Waals surface area (Å²) >= 11 is 1.40. The van der Waals surface area contributed by atoms with Gasteiger partial charge in [-0.15, -0.1) is 10.2 Å². The molecule has 7 nitrogen and oxygen atoms in total. The van der Waals surface area contributed by atoms with E-state index in [0.29, 0.717) is 37.2 Å². The van der Waals surface area contributed by atoms with E-state index in [4.69, 9.17) is 9.47 Å². The first-order valence-corrected chi connectivity index (χ1v) is 8.72. The highest BCUT2D eigenvalue weighted by atomic mass is 32.2. The van der Waals surface area contributed by atoms with Gasteiger partial charge in [0.2, 0.25) is 5.91 Å². The van der Waals surface area contributed by atoms with Gasteiger partial charge in [0.1, 0.15) is 11.6 Å². The molecule has 0 bridgehead atoms. The minimum absolute atomic E-state index is 0.102. The number of carbonyl (C=O) groups excluding carboxylic acids is 1. The zero-order chi connectivity index (χ0) is 16.9. The molecule has 1 fully saturated rings. The third-order valence-electron chi connectivity index (χ3n) is 3.81. The van der Waals surface area contributed by atoms with Crippen LogP contribution >= 0.6 is 11.8 Å². The SMILES string of the molecule is COc1ccc(-n2c(C)nnc2SCC(=O)N2CCOCC2)cc1. The van der Waals surface area contributed by atoms with E-state index in [-0.39, 0.29) is 5.91 Å². The van der Waals surface area contributed by atoms with Crippen molar-refractivity contribution in [3.8, 4) is 11.4 Å². The summed E-state index contributed by atoms with van der Waals surface area (Å²) in [7, 11) is 1.64. The maximum Gasteiger partial charge on any atom is 0.233 e. The second kappa shape index (κ2) is 7.67. The van der Waals surface area contributed by atoms with Crippen molar-refractivity contribution in [1.82, 2.24) is 19.7 Å². The van der Waals surface area contributed by atoms with Crippen molar-refractivity contribution in [3.63, 3.8) is 0 Å². The molecule has 8 heteroatoms. The first kappa shape index (κ1) is 16.8. The zero-order valence-electron chi connectivity index (χ0n) is 13.8. The van der Waals surface area contributed by atoms with Crippen molar-refractivity contribution in [2.24, 2.45) is 0 Å². The van der Waals surface area contributed by atoms with Crippen molar-refractivity contribution in [1.29, 1.82) is 0 Å². The number of ether oxygens (including phenoxy) is 2. The predicted octanol–water partition coefficient (Wildman–Crippen LogP) is 1.54. The Morgan fingerprint density at radius 2 is 1.96 bits per heavy atom. The molecule has 1 amide bonds. The van der Waals surface area contributed by atoms with Gasteiger partial charge in [-0.2, -0.15) is 0 Å². The number of methoxy groups -OCH3 is 1. The largest absolute Gasteiger partial charge is 0.497 e. The highest BCUT2D eigenvalue weighted by Gasteiger charge is 2.19. The highest BCUT2D eigenvalue weighted by molar-refractivity contribution is 7.99. The number of hydrogen-bond donors (Lipinski definition) is 0. The lowest BCUT2D eigenvalue weighted by Crippen LogP contribution is -2.41. The van der Waals surface area contributed by atoms with Crippen LogP contribution in [0.3, 0.4) is 0 Å². The smallest absolute Gasteiger partial charge is 0.233 e. The number of thioether (sulfide) groups is 1. The summed E-state index contributed by atoms with van der Waals surface area (Å²) in [4.78, 5) is 14.1. The van der Waals surface area contributed by atoms with Crippen LogP contribution in [-0.2, 0) is 9.53 Å². The van der Waals surface area contributed by atoms with E-state index in [1.165, 1.54) is 11.8 Å². The number of carbonyl (C=O) groups is 1. The number of benzene rings is 1. The van der Waals surface area contributed by atoms with Crippen molar-refractivity contribution in [3.05, 3.63) is 30.1 Å². The number of amides is 1. The third-order valence-corrected chi connectivity index (χ3v) is 4.73. The van der Waals surface area contributed by atoms with Gasteiger partial charge < -0.3 is 14.4 Å². The first-order chi connectivity index (χ1) is 11.7. The van der Waals surface area contributed by atoms with Crippen LogP contribution in [0, 0.1) is 6.92 Å². The molecule has 128 valence electrons. The van der Waals surface area contributed by atoms with E-state index < -0.39 is 0 Å². The molecule has 2 heterocycles. The van der Waals surface area contributed by atoms with Crippen molar-refractivity contribution in [2.45, 2.75) is 12.1 Å². The zero-order valence-corrected chi connectivity index (χ0v) is 14.6. The number of aromatic nitrogens is 3. The van der Waals surface area contributed by atoms with Crippen LogP contribution in [0.25, 0.3) is 5.69 Å². The molecule has 1 aliphatic rings. The van der Waals surface area contributed by atoms with Crippen LogP contribution < -0.4 is 4.74 Å². The van der Waals surface area contributed by atoms with Crippen LogP contribution in [0.1, 0.15) is 5.82 Å². The molecule has 0 unspecified atom stereocenters. The van der Waals surface area contributed by atoms with Gasteiger partial charge in [-0.1, -0.05) is 11.8 Å². The molecular weight excluding hydrogens is 328 g/mol. The quantitative estimate of drug-likeness (QED) is 0.764. The summed E-state index contributed by atoms with van der Waals surface area (Å²) in [5, 5.41) is 9.05. The van der Waals surface area contributed by atoms with Gasteiger partial charge in [0.05, 0.1) is 26.1 Å². The lowest BCUT2D eigenvalue weighted by Gasteiger charge is -2.26. The minimum atomic E-state index is 0.102. The monoisotopic (exact) mass is 348 g/mol. The van der Waals surface area contributed by atoms with E-state index in [9.17, 15) is 4.79 Å². The van der Waals surface area contributed by atoms with E-state index in [2.05, 4.69) is 10.2 Å². The van der Waals surface area contributed by atoms with Gasteiger partial charge in [0.25, 0.3) is 0 Å². The first-order valence-electron chi connectivity index (χ1n) is 7.74. The molecule has 0 aliphatic carbocycles. The Kier molecular flexibility index (Phi) is 5.37. The highest BCUT2D eigenvalue weighted by Crippen LogP contribution is 2.23. The van der Waals surface area contributed by atoms with Crippen LogP contribution in [0.5, 0.6) is 5.75 Å². The van der Waals surface area contributed by atoms with Crippen LogP contribution in [-0.4, -0.2) is 64.7 Å². The van der Waals surface area contributed by atoms with Gasteiger partial charge in [0, 0.05) is 18.8 Å². The number of nitrogens with zero attached hydrogens (tertiary/aromatic N) is 4. The Morgan fingerprint density at radius 1 is 1.25 bits per heavy atom. The van der Waals surface area contributed by atoms with Crippen LogP contribution in [0.15, 0.2) is 29.4 Å². The molecule has 3 rings (SSSR count). The molecule has 1 saturated heterocycles. The van der Waals surface area contributed by atoms with Gasteiger partial charge >= 0.3 is 0 Å². The number of morpholine rings is 1. The topological polar surface area (TPSA) is 69.5 Å². The number of aryl methyl sites for hydroxylation is 1. The Morgan fingerprint density at radius 3 is 2.62 bits per heavy atom. The summed E-state index contributed by atoms with van der Waals surface area (Å²) in [6.45, 7) is 4.42. The summed E-state index contributed by atoms with van der Waals surface area (Å²) in [5.74, 6) is 2.02. The summed E-state index contributed by atoms with van der Waals surface area (Å²) in [6, 6.07) is 7.68. The average Bonchev–Trinajstić information content (AvgIpc) is 3.01. The van der Waals surface area contributed by atoms with Crippen molar-refractivity contribution in [2.75, 3.05) is 39.2 Å². The summed E-state index contributed by atoms with van der Waals surface area (Å²) in [5.41, 5.74) is 0.944. The predicted molar refractivity (Wildman–Crippen MR) is 90.8 cm³/mol. The summed E-state index contributed by atoms with van der Waals surface area (Å²) < 4.78 is 12.4. The van der Waals surface area contributed by atoms with E-state index >= 15 is 0 Å². The normalized spacial score (nSPS) is 14.7. The Labute approximate surface area is 145 Å². The second-order valence-electron chi connectivity index (χ2n) is 5.35. The Balaban J connectivity index is 1.71.